The van der Waals surface area contributed by atoms with Gasteiger partial charge in [-0.15, -0.1) is 0 Å². The Hall–Kier alpha value is 0.0669. The fraction of sp³-hybridized carbons (Fsp3) is 1.00. The maximum absolute atomic E-state index is 0. The third-order valence-electron chi connectivity index (χ3n) is 0. The summed E-state index contributed by atoms with van der Waals surface area (Å²) in [6.45, 7) is 0. The van der Waals surface area contributed by atoms with Gasteiger partial charge in [-0.05, 0) is 0 Å². The molecule has 0 aromatic carbocycles. The molecule has 0 fully saturated rings. The van der Waals surface area contributed by atoms with Gasteiger partial charge in [0.15, 0.2) is 0 Å². The van der Waals surface area contributed by atoms with E-state index >= 15 is 0 Å². The molecule has 0 aromatic heterocycles. The molecule has 0 heterocycles. The molecule has 4 radical (unpaired) electrons. The quantitative estimate of drug-likeness (QED) is 0.418. The summed E-state index contributed by atoms with van der Waals surface area (Å²) in [6, 6.07) is 0. The number of hydrogen-bond acceptors (Lipinski definition) is 1. The summed E-state index contributed by atoms with van der Waals surface area (Å²) in [7, 11) is 0. The molecule has 0 saturated carbocycles. The van der Waals surface area contributed by atoms with Crippen molar-refractivity contribution in [3.8, 4) is 0 Å². The zero-order valence-corrected chi connectivity index (χ0v) is 3.12. The zero-order chi connectivity index (χ0) is 0. The molecule has 0 aliphatic heterocycles. The molecule has 0 saturated heterocycles. The van der Waals surface area contributed by atoms with Crippen LogP contribution in [0.5, 0.6) is 0 Å². The van der Waals surface area contributed by atoms with E-state index in [2.05, 4.69) is 0 Å². The standard InChI is InChI=1S/CH4.FH.H3N.H2O.Si/h1H4;1H;1H3;1H2;. The highest BCUT2D eigenvalue weighted by molar-refractivity contribution is 5.75. The molecule has 0 amide bonds. The third kappa shape index (κ3) is 3880. The van der Waals surface area contributed by atoms with Crippen LogP contribution in [0, 0.1) is 0 Å². The van der Waals surface area contributed by atoms with Crippen molar-refractivity contribution in [2.45, 2.75) is 7.43 Å². The smallest absolute Gasteiger partial charge is 0 e. The van der Waals surface area contributed by atoms with Crippen molar-refractivity contribution in [2.24, 2.45) is 0 Å². The van der Waals surface area contributed by atoms with E-state index in [1.54, 1.807) is 0 Å². The second-order valence-corrected chi connectivity index (χ2v) is 0. The average molecular weight is 99.2 g/mol. The maximum atomic E-state index is 0. The third-order valence-corrected chi connectivity index (χ3v) is 0. The Labute approximate surface area is 35.9 Å². The largest absolute Gasteiger partial charge is 0.412 e. The van der Waals surface area contributed by atoms with Crippen molar-refractivity contribution in [1.29, 1.82) is 0 Å². The molecule has 0 aromatic rings. The minimum absolute atomic E-state index is 0. The Balaban J connectivity index is 0. The van der Waals surface area contributed by atoms with Crippen molar-refractivity contribution in [1.82, 2.24) is 6.15 Å². The van der Waals surface area contributed by atoms with Gasteiger partial charge in [-0.2, -0.15) is 0 Å². The molecule has 5 N–H and O–H groups in total. The molecule has 5 heavy (non-hydrogen) atoms. The molecule has 0 aliphatic carbocycles. The van der Waals surface area contributed by atoms with E-state index in [9.17, 15) is 0 Å². The van der Waals surface area contributed by atoms with Crippen molar-refractivity contribution >= 4 is 11.0 Å². The lowest BCUT2D eigenvalue weighted by atomic mass is 12.0. The fourth-order valence-corrected chi connectivity index (χ4v) is 0. The van der Waals surface area contributed by atoms with Crippen LogP contribution in [0.1, 0.15) is 7.43 Å². The molecule has 0 aliphatic rings. The first-order chi connectivity index (χ1) is 0. The summed E-state index contributed by atoms with van der Waals surface area (Å²) in [5.74, 6) is 0. The highest BCUT2D eigenvalue weighted by atomic mass is 28.1. The topological polar surface area (TPSA) is 66.5 Å². The van der Waals surface area contributed by atoms with E-state index in [0.29, 0.717) is 0 Å². The minimum Gasteiger partial charge on any atom is -0.412 e. The van der Waals surface area contributed by atoms with Gasteiger partial charge in [-0.25, -0.2) is 0 Å². The van der Waals surface area contributed by atoms with Crippen LogP contribution in [0.25, 0.3) is 0 Å². The second kappa shape index (κ2) is 8550. The lowest BCUT2D eigenvalue weighted by Gasteiger charge is -0.412. The molecule has 2 nitrogen and oxygen atoms in total. The van der Waals surface area contributed by atoms with Crippen LogP contribution >= 0.6 is 0 Å². The molecular weight excluding hydrogens is 89.1 g/mol. The van der Waals surface area contributed by atoms with Crippen molar-refractivity contribution < 1.29 is 10.2 Å². The maximum Gasteiger partial charge on any atom is 0 e. The molecule has 0 atom stereocenters. The van der Waals surface area contributed by atoms with Gasteiger partial charge in [-0.1, -0.05) is 7.43 Å². The summed E-state index contributed by atoms with van der Waals surface area (Å²) in [5.41, 5.74) is 0. The molecule has 0 spiro atoms. The summed E-state index contributed by atoms with van der Waals surface area (Å²) >= 11 is 0. The highest BCUT2D eigenvalue weighted by Gasteiger charge is 0.0000222. The van der Waals surface area contributed by atoms with Crippen LogP contribution in [0.2, 0.25) is 0 Å². The van der Waals surface area contributed by atoms with Gasteiger partial charge < -0.3 is 11.6 Å². The molecule has 36 valence electrons. The van der Waals surface area contributed by atoms with Crippen LogP contribution in [0.3, 0.4) is 0 Å². The molecule has 0 bridgehead atoms. The summed E-state index contributed by atoms with van der Waals surface area (Å²) in [6.07, 6.45) is 0. The van der Waals surface area contributed by atoms with Crippen LogP contribution in [-0.2, 0) is 0 Å². The highest BCUT2D eigenvalue weighted by Crippen LogP contribution is 0.420. The van der Waals surface area contributed by atoms with Gasteiger partial charge in [0.25, 0.3) is 0 Å². The molecule has 0 unspecified atom stereocenters. The monoisotopic (exact) mass is 99.1 g/mol. The van der Waals surface area contributed by atoms with Gasteiger partial charge in [0.1, 0.15) is 0 Å². The fourth-order valence-electron chi connectivity index (χ4n) is 0. The number of rotatable bonds is 0. The van der Waals surface area contributed by atoms with E-state index in [1.807, 2.05) is 0 Å². The predicted molar refractivity (Wildman–Crippen MR) is 23.6 cm³/mol. The van der Waals surface area contributed by atoms with Crippen LogP contribution in [0.15, 0.2) is 0 Å². The Morgan fingerprint density at radius 1 is 1.00 bits per heavy atom. The van der Waals surface area contributed by atoms with E-state index in [-0.39, 0.29) is 34.7 Å². The lowest BCUT2D eigenvalue weighted by molar-refractivity contribution is 0.824. The molecule has 4 heteroatoms. The minimum atomic E-state index is 0. The van der Waals surface area contributed by atoms with Crippen LogP contribution in [-0.4, -0.2) is 16.4 Å². The van der Waals surface area contributed by atoms with Crippen LogP contribution < -0.4 is 6.15 Å². The summed E-state index contributed by atoms with van der Waals surface area (Å²) in [5, 5.41) is 0. The number of halogens is 1. The van der Waals surface area contributed by atoms with Gasteiger partial charge >= 0.3 is 0 Å². The molecule has 0 rings (SSSR count). The first-order valence-corrected chi connectivity index (χ1v) is 0. The Morgan fingerprint density at radius 3 is 1.00 bits per heavy atom. The zero-order valence-electron chi connectivity index (χ0n) is 2.12. The van der Waals surface area contributed by atoms with Crippen molar-refractivity contribution in [3.63, 3.8) is 0 Å². The van der Waals surface area contributed by atoms with Gasteiger partial charge in [0, 0.05) is 11.0 Å². The van der Waals surface area contributed by atoms with E-state index in [0.717, 1.165) is 0 Å². The SMILES string of the molecule is C.F.N.O.[Si]. The van der Waals surface area contributed by atoms with Gasteiger partial charge in [0.2, 0.25) is 0 Å². The Kier molecular flexibility index (Phi) is 32000000. The van der Waals surface area contributed by atoms with Gasteiger partial charge in [0.05, 0.1) is 0 Å². The Bertz CT molecular complexity index is 11.6. The van der Waals surface area contributed by atoms with E-state index in [4.69, 9.17) is 0 Å². The van der Waals surface area contributed by atoms with Crippen molar-refractivity contribution in [3.05, 3.63) is 0 Å². The normalized spacial score (nSPS) is 0. The summed E-state index contributed by atoms with van der Waals surface area (Å²) < 4.78 is 0. The summed E-state index contributed by atoms with van der Waals surface area (Å²) in [4.78, 5) is 0. The Morgan fingerprint density at radius 2 is 1.00 bits per heavy atom. The van der Waals surface area contributed by atoms with Gasteiger partial charge in [-0.3, -0.25) is 4.70 Å². The first-order valence-electron chi connectivity index (χ1n) is 0. The average Bonchev–Trinajstić information content (AvgIpc) is 0. The predicted octanol–water partition coefficient (Wildman–Crippen LogP) is -0.255. The van der Waals surface area contributed by atoms with Crippen molar-refractivity contribution in [2.75, 3.05) is 0 Å². The first kappa shape index (κ1) is 18700. The lowest BCUT2D eigenvalue weighted by Crippen LogP contribution is -0.481. The van der Waals surface area contributed by atoms with Crippen LogP contribution in [0.4, 0.5) is 4.70 Å². The second-order valence-electron chi connectivity index (χ2n) is 0. The van der Waals surface area contributed by atoms with E-state index in [1.165, 1.54) is 0 Å². The number of hydrogen-bond donors (Lipinski definition) is 1. The molecular formula is CH10FNOSi. The van der Waals surface area contributed by atoms with E-state index < -0.39 is 0 Å².